The SMILES string of the molecule is CCc1onc(C)c1-c1cc(F)cc(C(=O)NC[C@@H](N)C(=O)O)c1. The first-order chi connectivity index (χ1) is 11.3. The zero-order chi connectivity index (χ0) is 17.9. The van der Waals surface area contributed by atoms with Gasteiger partial charge < -0.3 is 20.7 Å². The molecule has 2 rings (SSSR count). The standard InChI is InChI=1S/C16H18FN3O4/c1-3-13-14(8(2)20-24-13)9-4-10(6-11(17)5-9)15(21)19-7-12(18)16(22)23/h4-6,12H,3,7,18H2,1-2H3,(H,19,21)(H,22,23)/t12-/m1/s1. The smallest absolute Gasteiger partial charge is 0.322 e. The van der Waals surface area contributed by atoms with Gasteiger partial charge in [-0.15, -0.1) is 0 Å². The number of nitrogens with two attached hydrogens (primary N) is 1. The molecular weight excluding hydrogens is 317 g/mol. The van der Waals surface area contributed by atoms with Crippen LogP contribution in [0, 0.1) is 12.7 Å². The van der Waals surface area contributed by atoms with Crippen molar-refractivity contribution in [1.29, 1.82) is 0 Å². The lowest BCUT2D eigenvalue weighted by molar-refractivity contribution is -0.138. The Morgan fingerprint density at radius 2 is 2.12 bits per heavy atom. The molecule has 0 bridgehead atoms. The molecule has 1 aromatic carbocycles. The summed E-state index contributed by atoms with van der Waals surface area (Å²) in [6.45, 7) is 3.35. The molecule has 4 N–H and O–H groups in total. The van der Waals surface area contributed by atoms with E-state index < -0.39 is 23.7 Å². The van der Waals surface area contributed by atoms with Gasteiger partial charge in [-0.2, -0.15) is 0 Å². The molecule has 1 atom stereocenters. The first-order valence-electron chi connectivity index (χ1n) is 7.36. The van der Waals surface area contributed by atoms with Crippen LogP contribution in [0.1, 0.15) is 28.7 Å². The topological polar surface area (TPSA) is 118 Å². The lowest BCUT2D eigenvalue weighted by Crippen LogP contribution is -2.42. The van der Waals surface area contributed by atoms with Crippen molar-refractivity contribution in [3.05, 3.63) is 41.0 Å². The monoisotopic (exact) mass is 335 g/mol. The summed E-state index contributed by atoms with van der Waals surface area (Å²) in [4.78, 5) is 22.8. The number of carbonyl (C=O) groups excluding carboxylic acids is 1. The third kappa shape index (κ3) is 3.77. The van der Waals surface area contributed by atoms with Crippen LogP contribution in [-0.4, -0.2) is 34.7 Å². The Labute approximate surface area is 137 Å². The number of carbonyl (C=O) groups is 2. The second-order valence-corrected chi connectivity index (χ2v) is 5.30. The van der Waals surface area contributed by atoms with Crippen LogP contribution < -0.4 is 11.1 Å². The molecule has 0 radical (unpaired) electrons. The van der Waals surface area contributed by atoms with Gasteiger partial charge in [0.1, 0.15) is 17.6 Å². The highest BCUT2D eigenvalue weighted by Gasteiger charge is 2.18. The molecule has 1 aromatic heterocycles. The highest BCUT2D eigenvalue weighted by atomic mass is 19.1. The number of aromatic nitrogens is 1. The van der Waals surface area contributed by atoms with Crippen molar-refractivity contribution in [3.63, 3.8) is 0 Å². The van der Waals surface area contributed by atoms with E-state index in [-0.39, 0.29) is 12.1 Å². The summed E-state index contributed by atoms with van der Waals surface area (Å²) in [5.74, 6) is -1.84. The number of nitrogens with zero attached hydrogens (tertiary/aromatic N) is 1. The zero-order valence-corrected chi connectivity index (χ0v) is 13.3. The van der Waals surface area contributed by atoms with Crippen LogP contribution in [0.5, 0.6) is 0 Å². The van der Waals surface area contributed by atoms with Crippen LogP contribution in [0.4, 0.5) is 4.39 Å². The number of hydrogen-bond donors (Lipinski definition) is 3. The van der Waals surface area contributed by atoms with Gasteiger partial charge in [0, 0.05) is 24.1 Å². The van der Waals surface area contributed by atoms with E-state index in [4.69, 9.17) is 15.4 Å². The number of benzene rings is 1. The van der Waals surface area contributed by atoms with Crippen molar-refractivity contribution in [2.45, 2.75) is 26.3 Å². The summed E-state index contributed by atoms with van der Waals surface area (Å²) >= 11 is 0. The number of hydrogen-bond acceptors (Lipinski definition) is 5. The maximum Gasteiger partial charge on any atom is 0.322 e. The maximum atomic E-state index is 13.9. The van der Waals surface area contributed by atoms with Crippen LogP contribution in [0.2, 0.25) is 0 Å². The van der Waals surface area contributed by atoms with E-state index >= 15 is 0 Å². The first kappa shape index (κ1) is 17.6. The number of rotatable bonds is 6. The van der Waals surface area contributed by atoms with Gasteiger partial charge in [-0.05, 0) is 30.7 Å². The minimum Gasteiger partial charge on any atom is -0.480 e. The van der Waals surface area contributed by atoms with Crippen molar-refractivity contribution in [2.75, 3.05) is 6.54 Å². The molecule has 8 heteroatoms. The van der Waals surface area contributed by atoms with Gasteiger partial charge in [0.15, 0.2) is 0 Å². The van der Waals surface area contributed by atoms with Crippen molar-refractivity contribution in [1.82, 2.24) is 10.5 Å². The van der Waals surface area contributed by atoms with Crippen LogP contribution in [0.15, 0.2) is 22.7 Å². The Kier molecular flexibility index (Phi) is 5.30. The molecule has 0 aliphatic carbocycles. The summed E-state index contributed by atoms with van der Waals surface area (Å²) in [5, 5.41) is 15.0. The molecule has 0 unspecified atom stereocenters. The lowest BCUT2D eigenvalue weighted by atomic mass is 10.00. The van der Waals surface area contributed by atoms with E-state index in [0.29, 0.717) is 29.0 Å². The third-order valence-electron chi connectivity index (χ3n) is 3.50. The average Bonchev–Trinajstić information content (AvgIpc) is 2.92. The van der Waals surface area contributed by atoms with E-state index in [1.54, 1.807) is 6.92 Å². The van der Waals surface area contributed by atoms with E-state index in [0.717, 1.165) is 6.07 Å². The van der Waals surface area contributed by atoms with Crippen LogP contribution in [-0.2, 0) is 11.2 Å². The van der Waals surface area contributed by atoms with Gasteiger partial charge in [-0.1, -0.05) is 12.1 Å². The minimum absolute atomic E-state index is 0.0604. The van der Waals surface area contributed by atoms with Gasteiger partial charge in [-0.3, -0.25) is 9.59 Å². The molecule has 0 aliphatic rings. The molecule has 1 amide bonds. The zero-order valence-electron chi connectivity index (χ0n) is 13.3. The molecule has 1 heterocycles. The molecule has 2 aromatic rings. The van der Waals surface area contributed by atoms with Crippen molar-refractivity contribution >= 4 is 11.9 Å². The van der Waals surface area contributed by atoms with E-state index in [2.05, 4.69) is 10.5 Å². The molecular formula is C16H18FN3O4. The first-order valence-corrected chi connectivity index (χ1v) is 7.36. The van der Waals surface area contributed by atoms with Crippen LogP contribution in [0.25, 0.3) is 11.1 Å². The van der Waals surface area contributed by atoms with Crippen molar-refractivity contribution < 1.29 is 23.6 Å². The molecule has 0 fully saturated rings. The van der Waals surface area contributed by atoms with Crippen molar-refractivity contribution in [3.8, 4) is 11.1 Å². The van der Waals surface area contributed by atoms with Gasteiger partial charge in [0.05, 0.1) is 5.69 Å². The summed E-state index contributed by atoms with van der Waals surface area (Å²) in [7, 11) is 0. The summed E-state index contributed by atoms with van der Waals surface area (Å²) in [6, 6.07) is 2.63. The fraction of sp³-hybridized carbons (Fsp3) is 0.312. The quantitative estimate of drug-likeness (QED) is 0.736. The largest absolute Gasteiger partial charge is 0.480 e. The Bertz CT molecular complexity index is 773. The number of nitrogens with one attached hydrogen (secondary N) is 1. The summed E-state index contributed by atoms with van der Waals surface area (Å²) < 4.78 is 19.1. The van der Waals surface area contributed by atoms with Gasteiger partial charge >= 0.3 is 5.97 Å². The second-order valence-electron chi connectivity index (χ2n) is 5.30. The normalized spacial score (nSPS) is 12.0. The number of carboxylic acids is 1. The number of aliphatic carboxylic acids is 1. The Hall–Kier alpha value is -2.74. The Morgan fingerprint density at radius 3 is 2.75 bits per heavy atom. The van der Waals surface area contributed by atoms with E-state index in [1.165, 1.54) is 12.1 Å². The maximum absolute atomic E-state index is 13.9. The highest BCUT2D eigenvalue weighted by Crippen LogP contribution is 2.29. The highest BCUT2D eigenvalue weighted by molar-refractivity contribution is 5.96. The molecule has 0 aliphatic heterocycles. The molecule has 24 heavy (non-hydrogen) atoms. The van der Waals surface area contributed by atoms with E-state index in [9.17, 15) is 14.0 Å². The Morgan fingerprint density at radius 1 is 1.42 bits per heavy atom. The van der Waals surface area contributed by atoms with Gasteiger partial charge in [-0.25, -0.2) is 4.39 Å². The number of aryl methyl sites for hydroxylation is 2. The average molecular weight is 335 g/mol. The van der Waals surface area contributed by atoms with Crippen molar-refractivity contribution in [2.24, 2.45) is 5.73 Å². The fourth-order valence-corrected chi connectivity index (χ4v) is 2.28. The molecule has 0 saturated carbocycles. The number of amides is 1. The second kappa shape index (κ2) is 7.22. The van der Waals surface area contributed by atoms with Crippen LogP contribution in [0.3, 0.4) is 0 Å². The summed E-state index contributed by atoms with van der Waals surface area (Å²) in [6.07, 6.45) is 0.571. The number of halogens is 1. The van der Waals surface area contributed by atoms with Crippen LogP contribution >= 0.6 is 0 Å². The summed E-state index contributed by atoms with van der Waals surface area (Å²) in [5.41, 5.74) is 7.10. The Balaban J connectivity index is 2.30. The molecule has 0 saturated heterocycles. The minimum atomic E-state index is -1.23. The lowest BCUT2D eigenvalue weighted by Gasteiger charge is -2.10. The molecule has 0 spiro atoms. The predicted molar refractivity (Wildman–Crippen MR) is 84.0 cm³/mol. The molecule has 7 nitrogen and oxygen atoms in total. The van der Waals surface area contributed by atoms with E-state index in [1.807, 2.05) is 6.92 Å². The fourth-order valence-electron chi connectivity index (χ4n) is 2.28. The predicted octanol–water partition coefficient (Wildman–Crippen LogP) is 1.49. The van der Waals surface area contributed by atoms with Gasteiger partial charge in [0.2, 0.25) is 0 Å². The molecule has 128 valence electrons. The number of carboxylic acid groups (broad SMARTS) is 1. The van der Waals surface area contributed by atoms with Gasteiger partial charge in [0.25, 0.3) is 5.91 Å². The third-order valence-corrected chi connectivity index (χ3v) is 3.50.